The van der Waals surface area contributed by atoms with E-state index in [2.05, 4.69) is 10.3 Å². The minimum atomic E-state index is -2.62. The topological polar surface area (TPSA) is 42.0 Å². The van der Waals surface area contributed by atoms with Crippen LogP contribution in [0.25, 0.3) is 0 Å². The zero-order valence-electron chi connectivity index (χ0n) is 13.3. The number of halogens is 2. The zero-order valence-corrected chi connectivity index (χ0v) is 13.3. The third-order valence-electron chi connectivity index (χ3n) is 4.55. The maximum Gasteiger partial charge on any atom is 0.248 e. The van der Waals surface area contributed by atoms with Crippen LogP contribution in [0.2, 0.25) is 0 Å². The van der Waals surface area contributed by atoms with E-state index in [1.54, 1.807) is 12.4 Å². The molecular weight excluding hydrogens is 310 g/mol. The van der Waals surface area contributed by atoms with Gasteiger partial charge in [0.15, 0.2) is 0 Å². The molecule has 3 rings (SSSR count). The van der Waals surface area contributed by atoms with Crippen molar-refractivity contribution in [2.24, 2.45) is 5.92 Å². The molecule has 1 aliphatic carbocycles. The van der Waals surface area contributed by atoms with E-state index in [9.17, 15) is 13.6 Å². The second-order valence-corrected chi connectivity index (χ2v) is 6.26. The van der Waals surface area contributed by atoms with Gasteiger partial charge in [-0.2, -0.15) is 0 Å². The van der Waals surface area contributed by atoms with Crippen molar-refractivity contribution >= 4 is 5.91 Å². The van der Waals surface area contributed by atoms with Crippen LogP contribution in [-0.2, 0) is 4.79 Å². The van der Waals surface area contributed by atoms with Crippen LogP contribution in [0.15, 0.2) is 54.9 Å². The number of carbonyl (C=O) groups is 1. The number of aromatic nitrogens is 1. The maximum atomic E-state index is 13.3. The van der Waals surface area contributed by atoms with E-state index in [0.717, 1.165) is 11.1 Å². The fourth-order valence-electron chi connectivity index (χ4n) is 3.12. The lowest BCUT2D eigenvalue weighted by Crippen LogP contribution is -2.38. The molecule has 0 spiro atoms. The van der Waals surface area contributed by atoms with Crippen molar-refractivity contribution < 1.29 is 13.6 Å². The Hall–Kier alpha value is -2.30. The first-order valence-corrected chi connectivity index (χ1v) is 8.18. The molecule has 1 atom stereocenters. The Morgan fingerprint density at radius 3 is 2.25 bits per heavy atom. The number of nitrogens with one attached hydrogen (secondary N) is 1. The van der Waals surface area contributed by atoms with Crippen LogP contribution in [0.5, 0.6) is 0 Å². The van der Waals surface area contributed by atoms with Crippen molar-refractivity contribution in [2.45, 2.75) is 37.6 Å². The molecule has 1 amide bonds. The summed E-state index contributed by atoms with van der Waals surface area (Å²) in [5, 5.41) is 3.04. The quantitative estimate of drug-likeness (QED) is 0.916. The molecule has 1 aromatic carbocycles. The van der Waals surface area contributed by atoms with Gasteiger partial charge < -0.3 is 5.32 Å². The maximum absolute atomic E-state index is 13.3. The van der Waals surface area contributed by atoms with Crippen molar-refractivity contribution in [1.82, 2.24) is 10.3 Å². The minimum Gasteiger partial charge on any atom is -0.345 e. The van der Waals surface area contributed by atoms with E-state index >= 15 is 0 Å². The predicted octanol–water partition coefficient (Wildman–Crippen LogP) is 4.11. The van der Waals surface area contributed by atoms with Gasteiger partial charge in [0.05, 0.1) is 6.04 Å². The molecule has 126 valence electrons. The first kappa shape index (κ1) is 16.6. The van der Waals surface area contributed by atoms with Gasteiger partial charge in [0.25, 0.3) is 0 Å². The smallest absolute Gasteiger partial charge is 0.248 e. The Labute approximate surface area is 140 Å². The SMILES string of the molecule is O=C(N[C@H](c1ccccc1)c1ccncc1)C1CCC(F)(F)CC1. The highest BCUT2D eigenvalue weighted by molar-refractivity contribution is 5.79. The van der Waals surface area contributed by atoms with Crippen LogP contribution in [-0.4, -0.2) is 16.8 Å². The van der Waals surface area contributed by atoms with Crippen LogP contribution in [0.1, 0.15) is 42.9 Å². The summed E-state index contributed by atoms with van der Waals surface area (Å²) < 4.78 is 26.6. The summed E-state index contributed by atoms with van der Waals surface area (Å²) in [4.78, 5) is 16.6. The van der Waals surface area contributed by atoms with E-state index in [1.165, 1.54) is 0 Å². The number of rotatable bonds is 4. The lowest BCUT2D eigenvalue weighted by atomic mass is 9.85. The van der Waals surface area contributed by atoms with Gasteiger partial charge in [-0.05, 0) is 36.1 Å². The first-order chi connectivity index (χ1) is 11.6. The molecule has 24 heavy (non-hydrogen) atoms. The molecule has 1 fully saturated rings. The zero-order chi connectivity index (χ0) is 17.0. The van der Waals surface area contributed by atoms with Gasteiger partial charge in [-0.15, -0.1) is 0 Å². The molecule has 1 aliphatic rings. The lowest BCUT2D eigenvalue weighted by Gasteiger charge is -2.29. The monoisotopic (exact) mass is 330 g/mol. The largest absolute Gasteiger partial charge is 0.345 e. The fraction of sp³-hybridized carbons (Fsp3) is 0.368. The average Bonchev–Trinajstić information content (AvgIpc) is 2.61. The summed E-state index contributed by atoms with van der Waals surface area (Å²) in [6, 6.07) is 13.0. The first-order valence-electron chi connectivity index (χ1n) is 8.18. The Kier molecular flexibility index (Phi) is 4.88. The molecule has 1 aromatic heterocycles. The Morgan fingerprint density at radius 1 is 1.04 bits per heavy atom. The number of amides is 1. The van der Waals surface area contributed by atoms with Gasteiger partial charge in [0, 0.05) is 31.2 Å². The van der Waals surface area contributed by atoms with E-state index < -0.39 is 5.92 Å². The van der Waals surface area contributed by atoms with Crippen molar-refractivity contribution in [3.8, 4) is 0 Å². The molecule has 0 unspecified atom stereocenters. The normalized spacial score (nSPS) is 18.8. The third kappa shape index (κ3) is 3.96. The summed E-state index contributed by atoms with van der Waals surface area (Å²) in [6.07, 6.45) is 3.40. The van der Waals surface area contributed by atoms with E-state index in [0.29, 0.717) is 0 Å². The second kappa shape index (κ2) is 7.07. The van der Waals surface area contributed by atoms with Gasteiger partial charge >= 0.3 is 0 Å². The van der Waals surface area contributed by atoms with Gasteiger partial charge in [-0.25, -0.2) is 8.78 Å². The summed E-state index contributed by atoms with van der Waals surface area (Å²) in [5.41, 5.74) is 1.88. The average molecular weight is 330 g/mol. The van der Waals surface area contributed by atoms with E-state index in [4.69, 9.17) is 0 Å². The molecular formula is C19H20F2N2O. The molecule has 0 aliphatic heterocycles. The third-order valence-corrected chi connectivity index (χ3v) is 4.55. The van der Waals surface area contributed by atoms with Crippen LogP contribution in [0.3, 0.4) is 0 Å². The van der Waals surface area contributed by atoms with E-state index in [-0.39, 0.29) is 43.6 Å². The summed E-state index contributed by atoms with van der Waals surface area (Å²) in [5.74, 6) is -3.13. The van der Waals surface area contributed by atoms with Crippen molar-refractivity contribution in [3.63, 3.8) is 0 Å². The molecule has 0 saturated heterocycles. The molecule has 1 saturated carbocycles. The summed E-state index contributed by atoms with van der Waals surface area (Å²) in [7, 11) is 0. The van der Waals surface area contributed by atoms with Gasteiger partial charge in [0.2, 0.25) is 11.8 Å². The Bertz CT molecular complexity index is 627. The summed E-state index contributed by atoms with van der Waals surface area (Å²) in [6.45, 7) is 0. The number of alkyl halides is 2. The highest BCUT2D eigenvalue weighted by Gasteiger charge is 2.37. The highest BCUT2D eigenvalue weighted by Crippen LogP contribution is 2.36. The number of hydrogen-bond donors (Lipinski definition) is 1. The van der Waals surface area contributed by atoms with Gasteiger partial charge in [-0.3, -0.25) is 9.78 Å². The predicted molar refractivity (Wildman–Crippen MR) is 87.6 cm³/mol. The Morgan fingerprint density at radius 2 is 1.62 bits per heavy atom. The van der Waals surface area contributed by atoms with Gasteiger partial charge in [0.1, 0.15) is 0 Å². The van der Waals surface area contributed by atoms with Gasteiger partial charge in [-0.1, -0.05) is 30.3 Å². The van der Waals surface area contributed by atoms with Crippen molar-refractivity contribution in [2.75, 3.05) is 0 Å². The number of benzene rings is 1. The van der Waals surface area contributed by atoms with Crippen molar-refractivity contribution in [1.29, 1.82) is 0 Å². The van der Waals surface area contributed by atoms with Crippen LogP contribution >= 0.6 is 0 Å². The fourth-order valence-corrected chi connectivity index (χ4v) is 3.12. The second-order valence-electron chi connectivity index (χ2n) is 6.26. The van der Waals surface area contributed by atoms with Crippen molar-refractivity contribution in [3.05, 3.63) is 66.0 Å². The minimum absolute atomic E-state index is 0.156. The van der Waals surface area contributed by atoms with E-state index in [1.807, 2.05) is 42.5 Å². The Balaban J connectivity index is 1.76. The molecule has 3 nitrogen and oxygen atoms in total. The van der Waals surface area contributed by atoms with Crippen LogP contribution < -0.4 is 5.32 Å². The number of hydrogen-bond acceptors (Lipinski definition) is 2. The van der Waals surface area contributed by atoms with Crippen LogP contribution in [0, 0.1) is 5.92 Å². The molecule has 0 bridgehead atoms. The summed E-state index contributed by atoms with van der Waals surface area (Å²) >= 11 is 0. The number of carbonyl (C=O) groups excluding carboxylic acids is 1. The number of nitrogens with zero attached hydrogens (tertiary/aromatic N) is 1. The standard InChI is InChI=1S/C19H20F2N2O/c20-19(21)10-6-16(7-11-19)18(24)23-17(14-4-2-1-3-5-14)15-8-12-22-13-9-15/h1-5,8-9,12-13,16-17H,6-7,10-11H2,(H,23,24)/t17-/m1/s1. The lowest BCUT2D eigenvalue weighted by molar-refractivity contribution is -0.129. The molecule has 1 N–H and O–H groups in total. The highest BCUT2D eigenvalue weighted by atomic mass is 19.3. The number of pyridine rings is 1. The molecule has 5 heteroatoms. The molecule has 1 heterocycles. The molecule has 0 radical (unpaired) electrons. The molecule has 2 aromatic rings. The van der Waals surface area contributed by atoms with Crippen LogP contribution in [0.4, 0.5) is 8.78 Å².